The highest BCUT2D eigenvalue weighted by atomic mass is 16.5. The third-order valence-electron chi connectivity index (χ3n) is 6.51. The standard InChI is InChI=1S/C28H23N3O7/c1-14-12-18(38-3)9-10-19(14)24(32)22-23(15-4-7-17(37-2)8-5-15)31(26(34)25(22)33)28-29-20-11-6-16(27(35)36)13-21(20)30-28/h4-13,23,32H,1-3H3,(H,29,30)(H,35,36)/b24-22+. The molecule has 192 valence electrons. The summed E-state index contributed by atoms with van der Waals surface area (Å²) < 4.78 is 10.5. The molecule has 0 bridgehead atoms. The van der Waals surface area contributed by atoms with Gasteiger partial charge in [-0.05, 0) is 66.6 Å². The summed E-state index contributed by atoms with van der Waals surface area (Å²) in [6.07, 6.45) is 0. The number of fused-ring (bicyclic) bond motifs is 1. The number of imidazole rings is 1. The molecule has 0 saturated carbocycles. The van der Waals surface area contributed by atoms with Crippen molar-refractivity contribution < 1.29 is 34.1 Å². The van der Waals surface area contributed by atoms with Crippen LogP contribution in [0.3, 0.4) is 0 Å². The van der Waals surface area contributed by atoms with Gasteiger partial charge >= 0.3 is 11.9 Å². The zero-order valence-electron chi connectivity index (χ0n) is 20.7. The number of hydrogen-bond acceptors (Lipinski definition) is 7. The first-order valence-corrected chi connectivity index (χ1v) is 11.6. The molecule has 1 unspecified atom stereocenters. The molecule has 3 N–H and O–H groups in total. The fourth-order valence-corrected chi connectivity index (χ4v) is 4.57. The number of hydrogen-bond donors (Lipinski definition) is 3. The van der Waals surface area contributed by atoms with Gasteiger partial charge in [-0.1, -0.05) is 12.1 Å². The number of nitrogens with zero attached hydrogens (tertiary/aromatic N) is 2. The van der Waals surface area contributed by atoms with Crippen LogP contribution in [0.15, 0.2) is 66.2 Å². The van der Waals surface area contributed by atoms with Gasteiger partial charge < -0.3 is 24.7 Å². The maximum absolute atomic E-state index is 13.4. The van der Waals surface area contributed by atoms with Crippen molar-refractivity contribution in [2.45, 2.75) is 13.0 Å². The third-order valence-corrected chi connectivity index (χ3v) is 6.51. The molecule has 1 amide bonds. The van der Waals surface area contributed by atoms with Crippen molar-refractivity contribution in [1.29, 1.82) is 0 Å². The Morgan fingerprint density at radius 3 is 2.26 bits per heavy atom. The third kappa shape index (κ3) is 4.01. The maximum atomic E-state index is 13.4. The Morgan fingerprint density at radius 2 is 1.63 bits per heavy atom. The van der Waals surface area contributed by atoms with E-state index in [0.29, 0.717) is 39.2 Å². The van der Waals surface area contributed by atoms with Crippen LogP contribution < -0.4 is 14.4 Å². The summed E-state index contributed by atoms with van der Waals surface area (Å²) in [6.45, 7) is 1.76. The SMILES string of the molecule is COc1ccc(C2/C(=C(\O)c3ccc(OC)cc3C)C(=O)C(=O)N2c2nc3ccc(C(=O)O)cc3[nH]2)cc1. The molecule has 38 heavy (non-hydrogen) atoms. The minimum Gasteiger partial charge on any atom is -0.507 e. The van der Waals surface area contributed by atoms with Crippen molar-refractivity contribution in [3.63, 3.8) is 0 Å². The lowest BCUT2D eigenvalue weighted by Crippen LogP contribution is -2.30. The molecular weight excluding hydrogens is 490 g/mol. The summed E-state index contributed by atoms with van der Waals surface area (Å²) in [5, 5.41) is 20.7. The van der Waals surface area contributed by atoms with Gasteiger partial charge in [-0.2, -0.15) is 0 Å². The monoisotopic (exact) mass is 513 g/mol. The number of rotatable bonds is 6. The van der Waals surface area contributed by atoms with Crippen LogP contribution in [0, 0.1) is 6.92 Å². The zero-order chi connectivity index (χ0) is 27.1. The number of aryl methyl sites for hydroxylation is 1. The number of ether oxygens (including phenoxy) is 2. The average molecular weight is 514 g/mol. The molecule has 1 fully saturated rings. The van der Waals surface area contributed by atoms with Gasteiger partial charge in [0, 0.05) is 5.56 Å². The first-order valence-electron chi connectivity index (χ1n) is 11.6. The molecule has 0 aliphatic carbocycles. The number of ketones is 1. The number of aliphatic hydroxyl groups is 1. The summed E-state index contributed by atoms with van der Waals surface area (Å²) in [7, 11) is 3.05. The molecule has 0 radical (unpaired) electrons. The first-order chi connectivity index (χ1) is 18.2. The van der Waals surface area contributed by atoms with Gasteiger partial charge in [0.25, 0.3) is 5.78 Å². The van der Waals surface area contributed by atoms with Crippen LogP contribution in [-0.4, -0.2) is 52.1 Å². The summed E-state index contributed by atoms with van der Waals surface area (Å²) in [5.41, 5.74) is 2.26. The predicted molar refractivity (Wildman–Crippen MR) is 139 cm³/mol. The van der Waals surface area contributed by atoms with Gasteiger partial charge in [0.15, 0.2) is 0 Å². The number of amides is 1. The Balaban J connectivity index is 1.71. The fraction of sp³-hybridized carbons (Fsp3) is 0.143. The lowest BCUT2D eigenvalue weighted by Gasteiger charge is -2.23. The number of aliphatic hydroxyl groups excluding tert-OH is 1. The number of carbonyl (C=O) groups is 3. The number of carboxylic acids is 1. The molecule has 0 spiro atoms. The van der Waals surface area contributed by atoms with E-state index in [0.717, 1.165) is 0 Å². The average Bonchev–Trinajstić information content (AvgIpc) is 3.45. The van der Waals surface area contributed by atoms with E-state index < -0.39 is 23.7 Å². The smallest absolute Gasteiger partial charge is 0.335 e. The number of anilines is 1. The summed E-state index contributed by atoms with van der Waals surface area (Å²) >= 11 is 0. The Bertz CT molecular complexity index is 1640. The van der Waals surface area contributed by atoms with Crippen LogP contribution in [0.2, 0.25) is 0 Å². The first kappa shape index (κ1) is 24.6. The number of carbonyl (C=O) groups excluding carboxylic acids is 2. The van der Waals surface area contributed by atoms with E-state index in [9.17, 15) is 24.6 Å². The molecule has 1 saturated heterocycles. The molecule has 2 heterocycles. The maximum Gasteiger partial charge on any atom is 0.335 e. The van der Waals surface area contributed by atoms with E-state index in [4.69, 9.17) is 9.47 Å². The number of benzene rings is 3. The van der Waals surface area contributed by atoms with Crippen molar-refractivity contribution in [3.05, 3.63) is 88.5 Å². The Kier molecular flexibility index (Phi) is 6.08. The van der Waals surface area contributed by atoms with Crippen molar-refractivity contribution in [3.8, 4) is 11.5 Å². The second-order valence-corrected chi connectivity index (χ2v) is 8.72. The molecule has 3 aromatic carbocycles. The lowest BCUT2D eigenvalue weighted by atomic mass is 9.94. The van der Waals surface area contributed by atoms with Crippen LogP contribution in [-0.2, 0) is 9.59 Å². The van der Waals surface area contributed by atoms with Gasteiger partial charge in [-0.15, -0.1) is 0 Å². The van der Waals surface area contributed by atoms with Gasteiger partial charge in [0.2, 0.25) is 5.95 Å². The van der Waals surface area contributed by atoms with E-state index in [2.05, 4.69) is 9.97 Å². The highest BCUT2D eigenvalue weighted by Gasteiger charge is 2.48. The molecule has 5 rings (SSSR count). The Morgan fingerprint density at radius 1 is 0.947 bits per heavy atom. The van der Waals surface area contributed by atoms with Gasteiger partial charge in [0.05, 0.1) is 42.4 Å². The minimum absolute atomic E-state index is 0.0379. The topological polar surface area (TPSA) is 142 Å². The van der Waals surface area contributed by atoms with Crippen molar-refractivity contribution in [1.82, 2.24) is 9.97 Å². The number of Topliss-reactive ketones (excluding diaryl/α,β-unsaturated/α-hetero) is 1. The van der Waals surface area contributed by atoms with Crippen LogP contribution in [0.4, 0.5) is 5.95 Å². The number of nitrogens with one attached hydrogen (secondary N) is 1. The fourth-order valence-electron chi connectivity index (χ4n) is 4.57. The number of H-pyrrole nitrogens is 1. The van der Waals surface area contributed by atoms with Gasteiger partial charge in [-0.3, -0.25) is 14.5 Å². The number of aromatic amines is 1. The number of aromatic carboxylic acids is 1. The lowest BCUT2D eigenvalue weighted by molar-refractivity contribution is -0.132. The molecule has 4 aromatic rings. The predicted octanol–water partition coefficient (Wildman–Crippen LogP) is 4.21. The largest absolute Gasteiger partial charge is 0.507 e. The quantitative estimate of drug-likeness (QED) is 0.198. The summed E-state index contributed by atoms with van der Waals surface area (Å²) in [5.74, 6) is -2.04. The van der Waals surface area contributed by atoms with Crippen molar-refractivity contribution in [2.24, 2.45) is 0 Å². The molecule has 1 aromatic heterocycles. The molecule has 1 aliphatic rings. The number of aromatic nitrogens is 2. The molecule has 10 heteroatoms. The van der Waals surface area contributed by atoms with Gasteiger partial charge in [0.1, 0.15) is 17.3 Å². The normalized spacial score (nSPS) is 16.7. The number of methoxy groups -OCH3 is 2. The van der Waals surface area contributed by atoms with Crippen LogP contribution >= 0.6 is 0 Å². The van der Waals surface area contributed by atoms with Crippen molar-refractivity contribution >= 4 is 40.4 Å². The Labute approximate surface area is 216 Å². The van der Waals surface area contributed by atoms with E-state index in [-0.39, 0.29) is 22.8 Å². The van der Waals surface area contributed by atoms with Crippen LogP contribution in [0.5, 0.6) is 11.5 Å². The molecule has 10 nitrogen and oxygen atoms in total. The minimum atomic E-state index is -1.11. The number of carboxylic acid groups (broad SMARTS) is 1. The van der Waals surface area contributed by atoms with E-state index in [1.807, 2.05) is 0 Å². The highest BCUT2D eigenvalue weighted by molar-refractivity contribution is 6.51. The molecular formula is C28H23N3O7. The van der Waals surface area contributed by atoms with E-state index in [1.165, 1.54) is 37.3 Å². The zero-order valence-corrected chi connectivity index (χ0v) is 20.7. The van der Waals surface area contributed by atoms with E-state index >= 15 is 0 Å². The van der Waals surface area contributed by atoms with Gasteiger partial charge in [-0.25, -0.2) is 9.78 Å². The summed E-state index contributed by atoms with van der Waals surface area (Å²) in [4.78, 5) is 46.9. The highest BCUT2D eigenvalue weighted by Crippen LogP contribution is 2.42. The second kappa shape index (κ2) is 9.40. The molecule has 1 aliphatic heterocycles. The van der Waals surface area contributed by atoms with E-state index in [1.54, 1.807) is 49.4 Å². The van der Waals surface area contributed by atoms with Crippen LogP contribution in [0.1, 0.15) is 33.1 Å². The molecule has 1 atom stereocenters. The van der Waals surface area contributed by atoms with Crippen LogP contribution in [0.25, 0.3) is 16.8 Å². The van der Waals surface area contributed by atoms with Crippen molar-refractivity contribution in [2.75, 3.05) is 19.1 Å². The Hall–Kier alpha value is -5.12. The summed E-state index contributed by atoms with van der Waals surface area (Å²) in [6, 6.07) is 15.0. The second-order valence-electron chi connectivity index (χ2n) is 8.72.